The van der Waals surface area contributed by atoms with Gasteiger partial charge >= 0.3 is 0 Å². The zero-order valence-electron chi connectivity index (χ0n) is 22.6. The third-order valence-corrected chi connectivity index (χ3v) is 7.17. The summed E-state index contributed by atoms with van der Waals surface area (Å²) in [7, 11) is 0. The van der Waals surface area contributed by atoms with Crippen LogP contribution in [-0.2, 0) is 0 Å². The first-order valence-corrected chi connectivity index (χ1v) is 17.2. The molecule has 218 valence electrons. The third-order valence-electron chi connectivity index (χ3n) is 4.44. The van der Waals surface area contributed by atoms with Gasteiger partial charge in [0.2, 0.25) is 35.7 Å². The van der Waals surface area contributed by atoms with E-state index in [1.54, 1.807) is 23.5 Å². The zero-order chi connectivity index (χ0) is 28.6. The highest BCUT2D eigenvalue weighted by atomic mass is 127. The second-order valence-corrected chi connectivity index (χ2v) is 12.2. The predicted octanol–water partition coefficient (Wildman–Crippen LogP) is 3.05. The van der Waals surface area contributed by atoms with E-state index >= 15 is 0 Å². The molecule has 7 N–H and O–H groups in total. The van der Waals surface area contributed by atoms with Crippen molar-refractivity contribution in [1.82, 2.24) is 44.9 Å². The summed E-state index contributed by atoms with van der Waals surface area (Å²) >= 11 is 6.93. The average Bonchev–Trinajstić information content (AvgIpc) is 2.92. The molecule has 0 unspecified atom stereocenters. The van der Waals surface area contributed by atoms with E-state index in [2.05, 4.69) is 108 Å². The van der Waals surface area contributed by atoms with Gasteiger partial charge in [-0.2, -0.15) is 44.9 Å². The maximum Gasteiger partial charge on any atom is 0.228 e. The number of nitrogens with zero attached hydrogens (tertiary/aromatic N) is 9. The topological polar surface area (TPSA) is 202 Å². The molecule has 0 spiro atoms. The Morgan fingerprint density at radius 2 is 0.825 bits per heavy atom. The summed E-state index contributed by atoms with van der Waals surface area (Å²) in [5, 5.41) is 18.0. The van der Waals surface area contributed by atoms with Crippen LogP contribution in [0.15, 0.2) is 15.5 Å². The van der Waals surface area contributed by atoms with Gasteiger partial charge in [0.1, 0.15) is 0 Å². The molecule has 0 fully saturated rings. The van der Waals surface area contributed by atoms with Crippen LogP contribution >= 0.6 is 57.9 Å². The van der Waals surface area contributed by atoms with E-state index in [9.17, 15) is 0 Å². The number of hydrogen-bond acceptors (Lipinski definition) is 18. The van der Waals surface area contributed by atoms with Crippen LogP contribution in [0.2, 0.25) is 0 Å². The van der Waals surface area contributed by atoms with E-state index in [-0.39, 0.29) is 5.95 Å². The van der Waals surface area contributed by atoms with Gasteiger partial charge in [-0.15, -0.1) is 0 Å². The fourth-order valence-electron chi connectivity index (χ4n) is 2.92. The molecule has 0 aliphatic rings. The fourth-order valence-corrected chi connectivity index (χ4v) is 4.88. The van der Waals surface area contributed by atoms with E-state index in [0.29, 0.717) is 71.4 Å². The Bertz CT molecular complexity index is 1190. The van der Waals surface area contributed by atoms with Crippen LogP contribution in [-0.4, -0.2) is 99.3 Å². The lowest BCUT2D eigenvalue weighted by molar-refractivity contribution is 0.869. The summed E-state index contributed by atoms with van der Waals surface area (Å²) in [4.78, 5) is 39.5. The van der Waals surface area contributed by atoms with E-state index in [0.717, 1.165) is 28.2 Å². The average molecular weight is 720 g/mol. The quantitative estimate of drug-likeness (QED) is 0.0456. The number of nitrogens with one attached hydrogen (secondary N) is 5. The van der Waals surface area contributed by atoms with Gasteiger partial charge in [-0.05, 0) is 17.3 Å². The molecule has 3 rings (SSSR count). The molecule has 3 aromatic heterocycles. The van der Waals surface area contributed by atoms with Crippen molar-refractivity contribution in [1.29, 1.82) is 0 Å². The van der Waals surface area contributed by atoms with Crippen LogP contribution in [0.3, 0.4) is 0 Å². The smallest absolute Gasteiger partial charge is 0.228 e. The minimum Gasteiger partial charge on any atom is -0.368 e. The van der Waals surface area contributed by atoms with Gasteiger partial charge in [-0.3, -0.25) is 0 Å². The molecular weight excluding hydrogens is 685 g/mol. The van der Waals surface area contributed by atoms with Crippen molar-refractivity contribution in [3.8, 4) is 0 Å². The second kappa shape index (κ2) is 18.1. The minimum atomic E-state index is 0.189. The molecule has 0 aromatic carbocycles. The zero-order valence-corrected chi connectivity index (χ0v) is 27.2. The molecule has 0 saturated heterocycles. The van der Waals surface area contributed by atoms with Crippen molar-refractivity contribution in [3.05, 3.63) is 0 Å². The maximum atomic E-state index is 5.79. The normalized spacial score (nSPS) is 10.8. The van der Waals surface area contributed by atoms with Crippen LogP contribution in [0.25, 0.3) is 0 Å². The molecule has 15 nitrogen and oxygen atoms in total. The molecule has 3 heterocycles. The number of aromatic nitrogens is 9. The van der Waals surface area contributed by atoms with Crippen molar-refractivity contribution in [2.24, 2.45) is 0 Å². The molecule has 0 atom stereocenters. The first-order valence-electron chi connectivity index (χ1n) is 12.7. The van der Waals surface area contributed by atoms with E-state index < -0.39 is 0 Å². The van der Waals surface area contributed by atoms with Gasteiger partial charge in [-0.1, -0.05) is 78.6 Å². The number of rotatable bonds is 19. The lowest BCUT2D eigenvalue weighted by atomic mass is 10.6. The standard InChI is InChI=1S/C21H34IN15S3/c1-4-38-19-30-13(23)29-14(33-19)25-9-10-26-17-32-18(37-21(36-17)40-6-3)28-12-11-27-16-31-15(24-8-7-22)34-20(35-16)39-5-2/h4-12H2,1-3H3,(H3,23,25,29,30,33)(H2,24,27,31,34,35)(H2,26,28,32,36,37). The first kappa shape index (κ1) is 32.1. The van der Waals surface area contributed by atoms with Crippen LogP contribution in [0.4, 0.5) is 35.7 Å². The molecule has 0 aliphatic carbocycles. The van der Waals surface area contributed by atoms with Gasteiger partial charge in [0, 0.05) is 37.2 Å². The highest BCUT2D eigenvalue weighted by Gasteiger charge is 2.09. The van der Waals surface area contributed by atoms with E-state index in [1.807, 2.05) is 6.92 Å². The monoisotopic (exact) mass is 719 g/mol. The van der Waals surface area contributed by atoms with E-state index in [4.69, 9.17) is 5.73 Å². The van der Waals surface area contributed by atoms with Gasteiger partial charge in [0.05, 0.1) is 0 Å². The summed E-state index contributed by atoms with van der Waals surface area (Å²) in [6.07, 6.45) is 0. The van der Waals surface area contributed by atoms with Crippen molar-refractivity contribution in [2.45, 2.75) is 36.2 Å². The fraction of sp³-hybridized carbons (Fsp3) is 0.571. The molecule has 0 radical (unpaired) electrons. The number of anilines is 6. The predicted molar refractivity (Wildman–Crippen MR) is 174 cm³/mol. The third kappa shape index (κ3) is 11.6. The summed E-state index contributed by atoms with van der Waals surface area (Å²) in [5.41, 5.74) is 5.79. The Labute approximate surface area is 260 Å². The molecule has 0 bridgehead atoms. The number of halogens is 1. The maximum absolute atomic E-state index is 5.79. The summed E-state index contributed by atoms with van der Waals surface area (Å²) in [5.74, 6) is 5.25. The first-order chi connectivity index (χ1) is 19.5. The van der Waals surface area contributed by atoms with Gasteiger partial charge in [0.25, 0.3) is 0 Å². The van der Waals surface area contributed by atoms with Crippen molar-refractivity contribution in [2.75, 3.05) is 86.7 Å². The molecular formula is C21H34IN15S3. The molecule has 40 heavy (non-hydrogen) atoms. The number of hydrogen-bond donors (Lipinski definition) is 6. The highest BCUT2D eigenvalue weighted by molar-refractivity contribution is 14.1. The Hall–Kier alpha value is -2.39. The van der Waals surface area contributed by atoms with Gasteiger partial charge in [0.15, 0.2) is 15.5 Å². The highest BCUT2D eigenvalue weighted by Crippen LogP contribution is 2.18. The number of alkyl halides is 1. The van der Waals surface area contributed by atoms with Gasteiger partial charge < -0.3 is 32.3 Å². The van der Waals surface area contributed by atoms with Crippen LogP contribution in [0.5, 0.6) is 0 Å². The molecule has 3 aromatic rings. The Morgan fingerprint density at radius 1 is 0.500 bits per heavy atom. The molecule has 19 heteroatoms. The second-order valence-electron chi connectivity index (χ2n) is 7.45. The lowest BCUT2D eigenvalue weighted by Crippen LogP contribution is -2.20. The van der Waals surface area contributed by atoms with E-state index in [1.165, 1.54) is 11.8 Å². The van der Waals surface area contributed by atoms with Crippen molar-refractivity contribution < 1.29 is 0 Å². The molecule has 0 amide bonds. The SMILES string of the molecule is CCSc1nc(N)nc(NCCNc2nc(NCCNc3nc(NCCI)nc(SCC)n3)nc(SCC)n2)n1. The Kier molecular flexibility index (Phi) is 14.6. The molecule has 0 aliphatic heterocycles. The summed E-state index contributed by atoms with van der Waals surface area (Å²) < 4.78 is 0.956. The number of thioether (sulfide) groups is 3. The Morgan fingerprint density at radius 3 is 1.18 bits per heavy atom. The number of nitrogen functional groups attached to an aromatic ring is 1. The molecule has 0 saturated carbocycles. The van der Waals surface area contributed by atoms with Crippen molar-refractivity contribution in [3.63, 3.8) is 0 Å². The summed E-state index contributed by atoms with van der Waals surface area (Å²) in [6.45, 7) is 9.12. The largest absolute Gasteiger partial charge is 0.368 e. The van der Waals surface area contributed by atoms with Crippen LogP contribution < -0.4 is 32.3 Å². The van der Waals surface area contributed by atoms with Crippen molar-refractivity contribution >= 4 is 93.6 Å². The Balaban J connectivity index is 1.53. The van der Waals surface area contributed by atoms with Gasteiger partial charge in [-0.25, -0.2) is 0 Å². The lowest BCUT2D eigenvalue weighted by Gasteiger charge is -2.12. The summed E-state index contributed by atoms with van der Waals surface area (Å²) in [6, 6.07) is 0. The minimum absolute atomic E-state index is 0.189. The van der Waals surface area contributed by atoms with Crippen LogP contribution in [0, 0.1) is 0 Å². The number of nitrogens with two attached hydrogens (primary N) is 1. The van der Waals surface area contributed by atoms with Crippen LogP contribution in [0.1, 0.15) is 20.8 Å².